The van der Waals surface area contributed by atoms with Gasteiger partial charge >= 0.3 is 5.97 Å². The van der Waals surface area contributed by atoms with Gasteiger partial charge in [0.25, 0.3) is 0 Å². The Hall–Kier alpha value is -2.32. The van der Waals surface area contributed by atoms with Gasteiger partial charge in [0, 0.05) is 0 Å². The van der Waals surface area contributed by atoms with Crippen LogP contribution in [0.25, 0.3) is 0 Å². The normalized spacial score (nSPS) is 15.4. The van der Waals surface area contributed by atoms with Crippen molar-refractivity contribution < 1.29 is 29.4 Å². The smallest absolute Gasteiger partial charge is 0.326 e. The fraction of sp³-hybridized carbons (Fsp3) is 0.818. The highest BCUT2D eigenvalue weighted by molar-refractivity contribution is 5.94. The van der Waals surface area contributed by atoms with Crippen molar-refractivity contribution in [2.75, 3.05) is 19.6 Å². The van der Waals surface area contributed by atoms with Crippen LogP contribution in [-0.2, 0) is 19.2 Å². The predicted octanol–water partition coefficient (Wildman–Crippen LogP) is -2.38. The van der Waals surface area contributed by atoms with E-state index in [1.807, 2.05) is 0 Å². The minimum absolute atomic E-state index is 0.205. The number of hydrogen-bond donors (Lipinski definition) is 9. The summed E-state index contributed by atoms with van der Waals surface area (Å²) in [4.78, 5) is 49.9. The molecule has 5 unspecified atom stereocenters. The van der Waals surface area contributed by atoms with Crippen molar-refractivity contribution in [2.24, 2.45) is 22.9 Å². The molecule has 0 aromatic heterocycles. The Morgan fingerprint density at radius 3 is 1.34 bits per heavy atom. The number of aliphatic hydroxyl groups excluding tert-OH is 1. The largest absolute Gasteiger partial charge is 0.480 e. The molecule has 0 fully saturated rings. The number of aliphatic carboxylic acids is 1. The summed E-state index contributed by atoms with van der Waals surface area (Å²) in [6.45, 7) is 2.57. The van der Waals surface area contributed by atoms with Crippen LogP contribution in [-0.4, -0.2) is 83.8 Å². The molecule has 0 aliphatic rings. The van der Waals surface area contributed by atoms with E-state index in [-0.39, 0.29) is 19.3 Å². The van der Waals surface area contributed by atoms with Gasteiger partial charge in [-0.15, -0.1) is 0 Å². The number of unbranched alkanes of at least 4 members (excludes halogenated alkanes) is 3. The molecule has 3 amide bonds. The van der Waals surface area contributed by atoms with Gasteiger partial charge in [-0.1, -0.05) is 0 Å². The zero-order valence-corrected chi connectivity index (χ0v) is 20.7. The predicted molar refractivity (Wildman–Crippen MR) is 132 cm³/mol. The van der Waals surface area contributed by atoms with E-state index in [9.17, 15) is 29.4 Å². The van der Waals surface area contributed by atoms with Crippen LogP contribution in [0.1, 0.15) is 64.7 Å². The van der Waals surface area contributed by atoms with Gasteiger partial charge in [0.15, 0.2) is 0 Å². The van der Waals surface area contributed by atoms with E-state index >= 15 is 0 Å². The molecule has 35 heavy (non-hydrogen) atoms. The van der Waals surface area contributed by atoms with Crippen molar-refractivity contribution in [2.45, 2.75) is 95.0 Å². The first kappa shape index (κ1) is 32.7. The number of carbonyl (C=O) groups excluding carboxylic acids is 3. The summed E-state index contributed by atoms with van der Waals surface area (Å²) in [5.41, 5.74) is 22.2. The van der Waals surface area contributed by atoms with Crippen molar-refractivity contribution in [3.05, 3.63) is 0 Å². The van der Waals surface area contributed by atoms with Crippen molar-refractivity contribution in [3.63, 3.8) is 0 Å². The van der Waals surface area contributed by atoms with Gasteiger partial charge < -0.3 is 49.1 Å². The quantitative estimate of drug-likeness (QED) is 0.0797. The highest BCUT2D eigenvalue weighted by Gasteiger charge is 2.30. The molecule has 204 valence electrons. The molecule has 0 aromatic carbocycles. The molecule has 0 heterocycles. The maximum atomic E-state index is 13.0. The van der Waals surface area contributed by atoms with Gasteiger partial charge in [0.05, 0.1) is 6.10 Å². The van der Waals surface area contributed by atoms with Crippen molar-refractivity contribution in [1.29, 1.82) is 0 Å². The number of carboxylic acids is 1. The Labute approximate surface area is 207 Å². The first-order chi connectivity index (χ1) is 16.6. The second-order valence-electron chi connectivity index (χ2n) is 8.64. The van der Waals surface area contributed by atoms with E-state index in [4.69, 9.17) is 22.9 Å². The SMILES string of the molecule is CC(O)C(N)C(=O)NC(CCCCN)C(=O)NC(CCCCN)C(=O)NC(CCCCN)C(=O)O. The number of aliphatic hydroxyl groups is 1. The third-order valence-corrected chi connectivity index (χ3v) is 5.54. The summed E-state index contributed by atoms with van der Waals surface area (Å²) in [6.07, 6.45) is 2.99. The molecular weight excluding hydrogens is 458 g/mol. The lowest BCUT2D eigenvalue weighted by molar-refractivity contribution is -0.142. The zero-order chi connectivity index (χ0) is 26.8. The summed E-state index contributed by atoms with van der Waals surface area (Å²) in [6, 6.07) is -4.38. The van der Waals surface area contributed by atoms with Crippen molar-refractivity contribution >= 4 is 23.7 Å². The highest BCUT2D eigenvalue weighted by Crippen LogP contribution is 2.08. The first-order valence-electron chi connectivity index (χ1n) is 12.3. The monoisotopic (exact) mass is 503 g/mol. The van der Waals surface area contributed by atoms with Crippen LogP contribution in [0.15, 0.2) is 0 Å². The van der Waals surface area contributed by atoms with Crippen molar-refractivity contribution in [3.8, 4) is 0 Å². The van der Waals surface area contributed by atoms with Crippen LogP contribution < -0.4 is 38.9 Å². The lowest BCUT2D eigenvalue weighted by atomic mass is 10.0. The molecule has 0 rings (SSSR count). The Kier molecular flexibility index (Phi) is 17.7. The van der Waals surface area contributed by atoms with Crippen LogP contribution in [0.4, 0.5) is 0 Å². The van der Waals surface area contributed by atoms with Crippen LogP contribution >= 0.6 is 0 Å². The maximum absolute atomic E-state index is 13.0. The molecule has 0 aliphatic carbocycles. The second kappa shape index (κ2) is 18.9. The molecular formula is C22H45N7O6. The fourth-order valence-electron chi connectivity index (χ4n) is 3.31. The first-order valence-corrected chi connectivity index (χ1v) is 12.3. The standard InChI is InChI=1S/C22H45N7O6/c1-14(30)18(26)21(33)28-16(9-3-6-12-24)19(31)27-15(8-2-5-11-23)20(32)29-17(22(34)35)10-4-7-13-25/h14-18,30H,2-13,23-26H2,1H3,(H,27,31)(H,28,33)(H,29,32)(H,34,35). The molecule has 13 nitrogen and oxygen atoms in total. The number of amides is 3. The molecule has 13 N–H and O–H groups in total. The topological polar surface area (TPSA) is 249 Å². The Morgan fingerprint density at radius 2 is 1.00 bits per heavy atom. The number of hydrogen-bond acceptors (Lipinski definition) is 9. The van der Waals surface area contributed by atoms with E-state index in [0.717, 1.165) is 0 Å². The van der Waals surface area contributed by atoms with Gasteiger partial charge in [-0.05, 0) is 84.3 Å². The van der Waals surface area contributed by atoms with Crippen LogP contribution in [0.5, 0.6) is 0 Å². The van der Waals surface area contributed by atoms with Crippen molar-refractivity contribution in [1.82, 2.24) is 16.0 Å². The summed E-state index contributed by atoms with van der Waals surface area (Å²) >= 11 is 0. The number of nitrogens with one attached hydrogen (secondary N) is 3. The average Bonchev–Trinajstić information content (AvgIpc) is 2.81. The summed E-state index contributed by atoms with van der Waals surface area (Å²) in [5.74, 6) is -3.14. The highest BCUT2D eigenvalue weighted by atomic mass is 16.4. The summed E-state index contributed by atoms with van der Waals surface area (Å²) in [7, 11) is 0. The van der Waals surface area contributed by atoms with E-state index in [1.54, 1.807) is 0 Å². The number of carboxylic acid groups (broad SMARTS) is 1. The Morgan fingerprint density at radius 1 is 0.657 bits per heavy atom. The van der Waals surface area contributed by atoms with Gasteiger partial charge in [-0.3, -0.25) is 14.4 Å². The molecule has 0 radical (unpaired) electrons. The van der Waals surface area contributed by atoms with Crippen LogP contribution in [0.2, 0.25) is 0 Å². The minimum atomic E-state index is -1.23. The molecule has 0 saturated carbocycles. The van der Waals surface area contributed by atoms with Crippen LogP contribution in [0.3, 0.4) is 0 Å². The van der Waals surface area contributed by atoms with E-state index < -0.39 is 54.0 Å². The average molecular weight is 504 g/mol. The van der Waals surface area contributed by atoms with E-state index in [0.29, 0.717) is 58.2 Å². The Bertz CT molecular complexity index is 650. The summed E-state index contributed by atoms with van der Waals surface area (Å²) in [5, 5.41) is 26.7. The third-order valence-electron chi connectivity index (χ3n) is 5.54. The van der Waals surface area contributed by atoms with Gasteiger partial charge in [0.2, 0.25) is 17.7 Å². The minimum Gasteiger partial charge on any atom is -0.480 e. The van der Waals surface area contributed by atoms with Gasteiger partial charge in [-0.2, -0.15) is 0 Å². The molecule has 0 spiro atoms. The van der Waals surface area contributed by atoms with Gasteiger partial charge in [0.1, 0.15) is 24.2 Å². The number of nitrogens with two attached hydrogens (primary N) is 4. The van der Waals surface area contributed by atoms with E-state index in [1.165, 1.54) is 6.92 Å². The molecule has 0 aromatic rings. The molecule has 0 bridgehead atoms. The lowest BCUT2D eigenvalue weighted by Crippen LogP contribution is -2.58. The molecule has 5 atom stereocenters. The Balaban J connectivity index is 5.47. The second-order valence-corrected chi connectivity index (χ2v) is 8.64. The number of rotatable bonds is 20. The summed E-state index contributed by atoms with van der Waals surface area (Å²) < 4.78 is 0. The molecule has 0 aliphatic heterocycles. The number of carbonyl (C=O) groups is 4. The maximum Gasteiger partial charge on any atom is 0.326 e. The van der Waals surface area contributed by atoms with E-state index in [2.05, 4.69) is 16.0 Å². The van der Waals surface area contributed by atoms with Gasteiger partial charge in [-0.25, -0.2) is 4.79 Å². The lowest BCUT2D eigenvalue weighted by Gasteiger charge is -2.25. The fourth-order valence-corrected chi connectivity index (χ4v) is 3.31. The third kappa shape index (κ3) is 14.0. The zero-order valence-electron chi connectivity index (χ0n) is 20.7. The van der Waals surface area contributed by atoms with Crippen LogP contribution in [0, 0.1) is 0 Å². The molecule has 0 saturated heterocycles. The molecule has 13 heteroatoms.